The molecule has 3 rings (SSSR count). The molecule has 1 heteroatoms. The first-order valence-corrected chi connectivity index (χ1v) is 4.26. The summed E-state index contributed by atoms with van der Waals surface area (Å²) in [5.41, 5.74) is 0. The fraction of sp³-hybridized carbons (Fsp3) is 0.500. The third-order valence-electron chi connectivity index (χ3n) is 3.33. The average Bonchev–Trinajstić information content (AvgIpc) is 2.60. The lowest BCUT2D eigenvalue weighted by molar-refractivity contribution is -0.118. The van der Waals surface area contributed by atoms with Gasteiger partial charge in [0.15, 0.2) is 5.78 Å². The molecule has 2 bridgehead atoms. The first-order valence-electron chi connectivity index (χ1n) is 4.26. The number of allylic oxidation sites excluding steroid dienone is 4. The van der Waals surface area contributed by atoms with E-state index in [0.29, 0.717) is 29.5 Å². The second-order valence-corrected chi connectivity index (χ2v) is 3.81. The van der Waals surface area contributed by atoms with Crippen LogP contribution in [0.1, 0.15) is 6.42 Å². The van der Waals surface area contributed by atoms with Crippen molar-refractivity contribution in [2.75, 3.05) is 0 Å². The van der Waals surface area contributed by atoms with Crippen LogP contribution in [-0.4, -0.2) is 5.78 Å². The minimum atomic E-state index is 0.338. The molecule has 11 heavy (non-hydrogen) atoms. The highest BCUT2D eigenvalue weighted by Crippen LogP contribution is 2.51. The predicted molar refractivity (Wildman–Crippen MR) is 41.9 cm³/mol. The molecule has 0 saturated heterocycles. The van der Waals surface area contributed by atoms with Crippen molar-refractivity contribution in [3.8, 4) is 0 Å². The van der Waals surface area contributed by atoms with Gasteiger partial charge in [0, 0.05) is 5.92 Å². The smallest absolute Gasteiger partial charge is 0.159 e. The van der Waals surface area contributed by atoms with Gasteiger partial charge in [-0.3, -0.25) is 4.79 Å². The normalized spacial score (nSPS) is 50.7. The van der Waals surface area contributed by atoms with Crippen LogP contribution < -0.4 is 0 Å². The van der Waals surface area contributed by atoms with E-state index in [0.717, 1.165) is 0 Å². The van der Waals surface area contributed by atoms with Crippen molar-refractivity contribution >= 4 is 5.78 Å². The number of carbonyl (C=O) groups excluding carboxylic acids is 1. The topological polar surface area (TPSA) is 17.1 Å². The van der Waals surface area contributed by atoms with Crippen molar-refractivity contribution in [3.05, 3.63) is 24.3 Å². The summed E-state index contributed by atoms with van der Waals surface area (Å²) >= 11 is 0. The van der Waals surface area contributed by atoms with Crippen LogP contribution in [0.4, 0.5) is 0 Å². The van der Waals surface area contributed by atoms with E-state index in [2.05, 4.69) is 18.2 Å². The Morgan fingerprint density at radius 2 is 2.00 bits per heavy atom. The molecular weight excluding hydrogens is 136 g/mol. The summed E-state index contributed by atoms with van der Waals surface area (Å²) in [5.74, 6) is 2.54. The molecule has 0 aromatic carbocycles. The van der Waals surface area contributed by atoms with Crippen LogP contribution in [0.15, 0.2) is 24.3 Å². The van der Waals surface area contributed by atoms with Gasteiger partial charge < -0.3 is 0 Å². The molecule has 0 aliphatic heterocycles. The molecule has 0 aromatic heterocycles. The van der Waals surface area contributed by atoms with Gasteiger partial charge in [-0.2, -0.15) is 0 Å². The molecule has 0 amide bonds. The van der Waals surface area contributed by atoms with E-state index in [1.165, 1.54) is 6.42 Å². The van der Waals surface area contributed by atoms with Crippen LogP contribution in [0.25, 0.3) is 0 Å². The van der Waals surface area contributed by atoms with Crippen molar-refractivity contribution in [3.63, 3.8) is 0 Å². The molecule has 3 unspecified atom stereocenters. The molecule has 56 valence electrons. The Morgan fingerprint density at radius 1 is 1.18 bits per heavy atom. The third kappa shape index (κ3) is 0.550. The van der Waals surface area contributed by atoms with Crippen molar-refractivity contribution in [2.45, 2.75) is 6.42 Å². The molecule has 0 radical (unpaired) electrons. The lowest BCUT2D eigenvalue weighted by atomic mass is 9.85. The van der Waals surface area contributed by atoms with E-state index in [9.17, 15) is 4.79 Å². The Balaban J connectivity index is 2.08. The molecule has 0 heterocycles. The fourth-order valence-electron chi connectivity index (χ4n) is 2.84. The van der Waals surface area contributed by atoms with Crippen molar-refractivity contribution < 1.29 is 4.79 Å². The summed E-state index contributed by atoms with van der Waals surface area (Å²) in [6, 6.07) is 0. The van der Waals surface area contributed by atoms with E-state index in [4.69, 9.17) is 0 Å². The van der Waals surface area contributed by atoms with Gasteiger partial charge in [-0.25, -0.2) is 0 Å². The van der Waals surface area contributed by atoms with Gasteiger partial charge in [0.05, 0.1) is 0 Å². The number of hydrogen-bond donors (Lipinski definition) is 0. The summed E-state index contributed by atoms with van der Waals surface area (Å²) in [7, 11) is 0. The minimum absolute atomic E-state index is 0.338. The highest BCUT2D eigenvalue weighted by Gasteiger charge is 2.48. The number of carbonyl (C=O) groups is 1. The average molecular weight is 146 g/mol. The summed E-state index contributed by atoms with van der Waals surface area (Å²) < 4.78 is 0. The predicted octanol–water partition coefficient (Wildman–Crippen LogP) is 1.56. The number of fused-ring (bicyclic) bond motifs is 5. The summed E-state index contributed by atoms with van der Waals surface area (Å²) in [4.78, 5) is 11.3. The van der Waals surface area contributed by atoms with Gasteiger partial charge in [-0.15, -0.1) is 0 Å². The number of rotatable bonds is 0. The highest BCUT2D eigenvalue weighted by molar-refractivity contribution is 5.95. The van der Waals surface area contributed by atoms with E-state index < -0.39 is 0 Å². The van der Waals surface area contributed by atoms with Gasteiger partial charge >= 0.3 is 0 Å². The Labute approximate surface area is 65.8 Å². The lowest BCUT2D eigenvalue weighted by Gasteiger charge is -2.17. The molecule has 3 aliphatic carbocycles. The van der Waals surface area contributed by atoms with E-state index in [-0.39, 0.29) is 0 Å². The lowest BCUT2D eigenvalue weighted by Crippen LogP contribution is -2.19. The van der Waals surface area contributed by atoms with Gasteiger partial charge in [0.1, 0.15) is 0 Å². The molecule has 1 nitrogen and oxygen atoms in total. The highest BCUT2D eigenvalue weighted by atomic mass is 16.1. The first-order chi connectivity index (χ1) is 5.36. The Morgan fingerprint density at radius 3 is 2.82 bits per heavy atom. The summed E-state index contributed by atoms with van der Waals surface area (Å²) in [5, 5.41) is 0. The second-order valence-electron chi connectivity index (χ2n) is 3.81. The van der Waals surface area contributed by atoms with Crippen LogP contribution in [0.3, 0.4) is 0 Å². The van der Waals surface area contributed by atoms with Crippen molar-refractivity contribution in [1.29, 1.82) is 0 Å². The Kier molecular flexibility index (Phi) is 0.867. The summed E-state index contributed by atoms with van der Waals surface area (Å²) in [6.07, 6.45) is 9.64. The van der Waals surface area contributed by atoms with Crippen LogP contribution in [0, 0.1) is 23.7 Å². The molecular formula is C10H10O. The monoisotopic (exact) mass is 146 g/mol. The van der Waals surface area contributed by atoms with Crippen LogP contribution in [0.5, 0.6) is 0 Å². The molecule has 4 atom stereocenters. The fourth-order valence-corrected chi connectivity index (χ4v) is 2.84. The molecule has 0 aromatic rings. The minimum Gasteiger partial charge on any atom is -0.295 e. The zero-order valence-corrected chi connectivity index (χ0v) is 6.23. The standard InChI is InChI=1S/C10H10O/c11-9-4-3-8-6-1-2-7(5-6)10(8)9/h1-4,6-8,10H,5H2/t6?,7?,8-,10?/m1/s1. The van der Waals surface area contributed by atoms with Gasteiger partial charge in [-0.05, 0) is 30.3 Å². The number of hydrogen-bond acceptors (Lipinski definition) is 1. The van der Waals surface area contributed by atoms with Gasteiger partial charge in [-0.1, -0.05) is 18.2 Å². The molecule has 0 N–H and O–H groups in total. The van der Waals surface area contributed by atoms with Crippen molar-refractivity contribution in [1.82, 2.24) is 0 Å². The SMILES string of the molecule is O=C1C=C[C@@H]2C3C=CC(C3)C12. The van der Waals surface area contributed by atoms with Crippen LogP contribution >= 0.6 is 0 Å². The van der Waals surface area contributed by atoms with Crippen LogP contribution in [-0.2, 0) is 4.79 Å². The number of ketones is 1. The largest absolute Gasteiger partial charge is 0.295 e. The van der Waals surface area contributed by atoms with Gasteiger partial charge in [0.25, 0.3) is 0 Å². The Hall–Kier alpha value is -0.850. The second kappa shape index (κ2) is 1.66. The van der Waals surface area contributed by atoms with E-state index in [1.54, 1.807) is 6.08 Å². The van der Waals surface area contributed by atoms with Gasteiger partial charge in [0.2, 0.25) is 0 Å². The summed E-state index contributed by atoms with van der Waals surface area (Å²) in [6.45, 7) is 0. The third-order valence-corrected chi connectivity index (χ3v) is 3.33. The van der Waals surface area contributed by atoms with Crippen LogP contribution in [0.2, 0.25) is 0 Å². The van der Waals surface area contributed by atoms with E-state index in [1.807, 2.05) is 0 Å². The maximum absolute atomic E-state index is 11.3. The first kappa shape index (κ1) is 5.76. The van der Waals surface area contributed by atoms with Crippen molar-refractivity contribution in [2.24, 2.45) is 23.7 Å². The Bertz CT molecular complexity index is 275. The quantitative estimate of drug-likeness (QED) is 0.474. The maximum atomic E-state index is 11.3. The molecule has 3 aliphatic rings. The molecule has 1 fully saturated rings. The molecule has 1 saturated carbocycles. The van der Waals surface area contributed by atoms with E-state index >= 15 is 0 Å². The molecule has 0 spiro atoms. The zero-order valence-electron chi connectivity index (χ0n) is 6.23. The maximum Gasteiger partial charge on any atom is 0.159 e. The zero-order chi connectivity index (χ0) is 7.42.